The highest BCUT2D eigenvalue weighted by atomic mass is 16.5. The molecule has 0 saturated carbocycles. The van der Waals surface area contributed by atoms with Crippen LogP contribution in [0.5, 0.6) is 0 Å². The first-order chi connectivity index (χ1) is 15.2. The van der Waals surface area contributed by atoms with Gasteiger partial charge in [-0.15, -0.1) is 0 Å². The predicted molar refractivity (Wildman–Crippen MR) is 137 cm³/mol. The van der Waals surface area contributed by atoms with Crippen LogP contribution in [0.2, 0.25) is 0 Å². The smallest absolute Gasteiger partial charge is 0.305 e. The van der Waals surface area contributed by atoms with Crippen molar-refractivity contribution in [3.05, 3.63) is 0 Å². The number of hydrogen-bond donors (Lipinski definition) is 0. The van der Waals surface area contributed by atoms with Crippen molar-refractivity contribution in [3.8, 4) is 0 Å². The van der Waals surface area contributed by atoms with E-state index in [4.69, 9.17) is 4.74 Å². The van der Waals surface area contributed by atoms with E-state index in [1.165, 1.54) is 116 Å². The van der Waals surface area contributed by atoms with Gasteiger partial charge in [-0.1, -0.05) is 122 Å². The van der Waals surface area contributed by atoms with Crippen molar-refractivity contribution < 1.29 is 9.53 Å². The van der Waals surface area contributed by atoms with E-state index in [0.29, 0.717) is 13.0 Å². The van der Waals surface area contributed by atoms with Gasteiger partial charge < -0.3 is 9.64 Å². The van der Waals surface area contributed by atoms with Crippen molar-refractivity contribution >= 4 is 5.97 Å². The first-order valence-corrected chi connectivity index (χ1v) is 14.0. The molecular weight excluding hydrogens is 382 g/mol. The molecule has 0 aliphatic rings. The van der Waals surface area contributed by atoms with E-state index in [9.17, 15) is 4.79 Å². The highest BCUT2D eigenvalue weighted by molar-refractivity contribution is 5.69. The van der Waals surface area contributed by atoms with Crippen LogP contribution in [0.3, 0.4) is 0 Å². The fraction of sp³-hybridized carbons (Fsp3) is 0.964. The van der Waals surface area contributed by atoms with Crippen LogP contribution in [0, 0.1) is 0 Å². The summed E-state index contributed by atoms with van der Waals surface area (Å²) in [7, 11) is 4.15. The van der Waals surface area contributed by atoms with Gasteiger partial charge in [0.25, 0.3) is 0 Å². The Morgan fingerprint density at radius 1 is 0.548 bits per heavy atom. The second kappa shape index (κ2) is 25.7. The van der Waals surface area contributed by atoms with E-state index in [1.807, 2.05) is 0 Å². The second-order valence-electron chi connectivity index (χ2n) is 9.84. The van der Waals surface area contributed by atoms with Crippen LogP contribution >= 0.6 is 0 Å². The zero-order valence-electron chi connectivity index (χ0n) is 21.7. The van der Waals surface area contributed by atoms with Crippen LogP contribution in [0.15, 0.2) is 0 Å². The lowest BCUT2D eigenvalue weighted by Gasteiger charge is -2.09. The van der Waals surface area contributed by atoms with Gasteiger partial charge in [0.1, 0.15) is 0 Å². The molecule has 0 N–H and O–H groups in total. The molecule has 3 heteroatoms. The molecule has 0 amide bonds. The summed E-state index contributed by atoms with van der Waals surface area (Å²) in [4.78, 5) is 13.9. The third-order valence-electron chi connectivity index (χ3n) is 6.25. The van der Waals surface area contributed by atoms with E-state index in [-0.39, 0.29) is 5.97 Å². The van der Waals surface area contributed by atoms with Crippen molar-refractivity contribution in [2.45, 2.75) is 148 Å². The van der Waals surface area contributed by atoms with Crippen LogP contribution in [0.1, 0.15) is 148 Å². The molecule has 0 bridgehead atoms. The fourth-order valence-corrected chi connectivity index (χ4v) is 4.14. The van der Waals surface area contributed by atoms with Gasteiger partial charge in [-0.2, -0.15) is 0 Å². The summed E-state index contributed by atoms with van der Waals surface area (Å²) >= 11 is 0. The minimum Gasteiger partial charge on any atom is -0.466 e. The number of hydrogen-bond acceptors (Lipinski definition) is 3. The highest BCUT2D eigenvalue weighted by Gasteiger charge is 2.02. The van der Waals surface area contributed by atoms with Gasteiger partial charge in [0.05, 0.1) is 6.61 Å². The van der Waals surface area contributed by atoms with Crippen LogP contribution in [0.4, 0.5) is 0 Å². The second-order valence-corrected chi connectivity index (χ2v) is 9.84. The summed E-state index contributed by atoms with van der Waals surface area (Å²) in [6, 6.07) is 0. The first-order valence-electron chi connectivity index (χ1n) is 14.0. The van der Waals surface area contributed by atoms with Gasteiger partial charge >= 0.3 is 5.97 Å². The minimum absolute atomic E-state index is 0.00294. The SMILES string of the molecule is CCCCCCCCCCCCCCCCCCCCCC(=O)OCCCCN(C)C. The molecular formula is C28H57NO2. The summed E-state index contributed by atoms with van der Waals surface area (Å²) in [6.07, 6.45) is 28.9. The fourth-order valence-electron chi connectivity index (χ4n) is 4.14. The number of carbonyl (C=O) groups is 1. The lowest BCUT2D eigenvalue weighted by atomic mass is 10.0. The van der Waals surface area contributed by atoms with Crippen molar-refractivity contribution in [1.29, 1.82) is 0 Å². The summed E-state index contributed by atoms with van der Waals surface area (Å²) in [5, 5.41) is 0. The molecule has 0 spiro atoms. The number of unbranched alkanes of at least 4 members (excludes halogenated alkanes) is 19. The van der Waals surface area contributed by atoms with Gasteiger partial charge in [-0.05, 0) is 39.9 Å². The van der Waals surface area contributed by atoms with Crippen LogP contribution in [-0.4, -0.2) is 38.1 Å². The Labute approximate surface area is 196 Å². The largest absolute Gasteiger partial charge is 0.466 e. The molecule has 0 fully saturated rings. The molecule has 186 valence electrons. The van der Waals surface area contributed by atoms with Gasteiger partial charge in [0.15, 0.2) is 0 Å². The van der Waals surface area contributed by atoms with E-state index in [1.54, 1.807) is 0 Å². The molecule has 3 nitrogen and oxygen atoms in total. The molecule has 0 saturated heterocycles. The Morgan fingerprint density at radius 3 is 1.32 bits per heavy atom. The Kier molecular flexibility index (Phi) is 25.2. The molecule has 0 aliphatic heterocycles. The zero-order valence-corrected chi connectivity index (χ0v) is 21.7. The molecule has 31 heavy (non-hydrogen) atoms. The van der Waals surface area contributed by atoms with Crippen LogP contribution < -0.4 is 0 Å². The first kappa shape index (κ1) is 30.4. The Balaban J connectivity index is 3.11. The van der Waals surface area contributed by atoms with E-state index in [0.717, 1.165) is 25.8 Å². The topological polar surface area (TPSA) is 29.5 Å². The third-order valence-corrected chi connectivity index (χ3v) is 6.25. The summed E-state index contributed by atoms with van der Waals surface area (Å²) in [6.45, 7) is 3.95. The summed E-state index contributed by atoms with van der Waals surface area (Å²) in [5.41, 5.74) is 0. The Morgan fingerprint density at radius 2 is 0.935 bits per heavy atom. The average molecular weight is 440 g/mol. The van der Waals surface area contributed by atoms with E-state index >= 15 is 0 Å². The van der Waals surface area contributed by atoms with Crippen LogP contribution in [-0.2, 0) is 9.53 Å². The quantitative estimate of drug-likeness (QED) is 0.105. The maximum Gasteiger partial charge on any atom is 0.305 e. The molecule has 0 rings (SSSR count). The average Bonchev–Trinajstić information content (AvgIpc) is 2.75. The molecule has 0 aliphatic carbocycles. The third kappa shape index (κ3) is 27.4. The number of rotatable bonds is 25. The maximum absolute atomic E-state index is 11.7. The maximum atomic E-state index is 11.7. The molecule has 0 unspecified atom stereocenters. The number of carbonyl (C=O) groups excluding carboxylic acids is 1. The van der Waals surface area contributed by atoms with Gasteiger partial charge in [0, 0.05) is 6.42 Å². The van der Waals surface area contributed by atoms with Gasteiger partial charge in [0.2, 0.25) is 0 Å². The van der Waals surface area contributed by atoms with Gasteiger partial charge in [-0.25, -0.2) is 0 Å². The molecule has 0 aromatic rings. The Hall–Kier alpha value is -0.570. The van der Waals surface area contributed by atoms with E-state index in [2.05, 4.69) is 25.9 Å². The van der Waals surface area contributed by atoms with Crippen molar-refractivity contribution in [3.63, 3.8) is 0 Å². The highest BCUT2D eigenvalue weighted by Crippen LogP contribution is 2.14. The predicted octanol–water partition coefficient (Wildman–Crippen LogP) is 8.69. The normalized spacial score (nSPS) is 11.4. The molecule has 0 aromatic carbocycles. The zero-order chi connectivity index (χ0) is 22.8. The molecule has 0 aromatic heterocycles. The van der Waals surface area contributed by atoms with Crippen LogP contribution in [0.25, 0.3) is 0 Å². The number of ether oxygens (including phenoxy) is 1. The molecule has 0 radical (unpaired) electrons. The molecule has 0 atom stereocenters. The molecule has 0 heterocycles. The number of nitrogens with zero attached hydrogens (tertiary/aromatic N) is 1. The van der Waals surface area contributed by atoms with Gasteiger partial charge in [-0.3, -0.25) is 4.79 Å². The van der Waals surface area contributed by atoms with Crippen molar-refractivity contribution in [2.75, 3.05) is 27.2 Å². The van der Waals surface area contributed by atoms with Crippen molar-refractivity contribution in [2.24, 2.45) is 0 Å². The van der Waals surface area contributed by atoms with Crippen molar-refractivity contribution in [1.82, 2.24) is 4.90 Å². The monoisotopic (exact) mass is 439 g/mol. The number of esters is 1. The lowest BCUT2D eigenvalue weighted by Crippen LogP contribution is -2.14. The summed E-state index contributed by atoms with van der Waals surface area (Å²) < 4.78 is 5.30. The Bertz CT molecular complexity index is 357. The minimum atomic E-state index is -0.00294. The lowest BCUT2D eigenvalue weighted by molar-refractivity contribution is -0.143. The van der Waals surface area contributed by atoms with E-state index < -0.39 is 0 Å². The summed E-state index contributed by atoms with van der Waals surface area (Å²) in [5.74, 6) is -0.00294. The standard InChI is InChI=1S/C28H57NO2/c1-4-5-6-7-8-9-10-11-12-13-14-15-16-17-18-19-20-21-22-25-28(30)31-27-24-23-26-29(2)3/h4-27H2,1-3H3.